The molecular weight excluding hydrogens is 395 g/mol. The molecular formula is C25H31FN2O3. The molecule has 2 aliphatic heterocycles. The predicted octanol–water partition coefficient (Wildman–Crippen LogP) is 5.27. The molecule has 0 bridgehead atoms. The van der Waals surface area contributed by atoms with Crippen molar-refractivity contribution in [3.63, 3.8) is 0 Å². The van der Waals surface area contributed by atoms with E-state index in [0.717, 1.165) is 55.9 Å². The van der Waals surface area contributed by atoms with Crippen molar-refractivity contribution in [1.82, 2.24) is 0 Å². The lowest BCUT2D eigenvalue weighted by Crippen LogP contribution is -2.36. The van der Waals surface area contributed by atoms with Gasteiger partial charge in [-0.1, -0.05) is 13.8 Å². The van der Waals surface area contributed by atoms with Crippen LogP contribution in [0.1, 0.15) is 60.6 Å². The summed E-state index contributed by atoms with van der Waals surface area (Å²) in [6.07, 6.45) is 3.99. The van der Waals surface area contributed by atoms with Crippen LogP contribution in [0.15, 0.2) is 36.4 Å². The molecule has 2 aromatic rings. The average Bonchev–Trinajstić information content (AvgIpc) is 2.87. The summed E-state index contributed by atoms with van der Waals surface area (Å²) in [6, 6.07) is 10.3. The fraction of sp³-hybridized carbons (Fsp3) is 0.480. The quantitative estimate of drug-likeness (QED) is 0.700. The topological polar surface area (TPSA) is 61.8 Å². The van der Waals surface area contributed by atoms with E-state index in [0.29, 0.717) is 18.6 Å². The van der Waals surface area contributed by atoms with Crippen LogP contribution in [0.5, 0.6) is 0 Å². The summed E-state index contributed by atoms with van der Waals surface area (Å²) in [6.45, 7) is 7.43. The van der Waals surface area contributed by atoms with E-state index in [4.69, 9.17) is 4.74 Å². The highest BCUT2D eigenvalue weighted by atomic mass is 19.1. The van der Waals surface area contributed by atoms with Gasteiger partial charge in [0, 0.05) is 36.6 Å². The number of halogens is 1. The smallest absolute Gasteiger partial charge is 0.335 e. The number of carboxylic acids is 1. The highest BCUT2D eigenvalue weighted by Crippen LogP contribution is 2.46. The summed E-state index contributed by atoms with van der Waals surface area (Å²) >= 11 is 0. The van der Waals surface area contributed by atoms with Crippen LogP contribution in [0.2, 0.25) is 0 Å². The van der Waals surface area contributed by atoms with Crippen LogP contribution < -0.4 is 10.2 Å². The Morgan fingerprint density at radius 1 is 1.13 bits per heavy atom. The molecule has 0 aliphatic carbocycles. The van der Waals surface area contributed by atoms with Crippen LogP contribution in [-0.2, 0) is 11.2 Å². The summed E-state index contributed by atoms with van der Waals surface area (Å²) in [4.78, 5) is 13.6. The highest BCUT2D eigenvalue weighted by Gasteiger charge is 2.37. The van der Waals surface area contributed by atoms with Crippen molar-refractivity contribution in [2.24, 2.45) is 5.41 Å². The van der Waals surface area contributed by atoms with Crippen molar-refractivity contribution in [2.45, 2.75) is 45.6 Å². The SMILES string of the molecule is CC1(C)Cc2cc(C(=O)O)ccc2NC1c1cc(N2CCCCCOCC2)ccc1F. The molecule has 31 heavy (non-hydrogen) atoms. The van der Waals surface area contributed by atoms with Crippen LogP contribution in [-0.4, -0.2) is 37.4 Å². The summed E-state index contributed by atoms with van der Waals surface area (Å²) in [5, 5.41) is 12.8. The second-order valence-corrected chi connectivity index (χ2v) is 9.29. The molecule has 2 N–H and O–H groups in total. The number of ether oxygens (including phenoxy) is 1. The van der Waals surface area contributed by atoms with Gasteiger partial charge in [0.25, 0.3) is 0 Å². The molecule has 2 aliphatic rings. The number of rotatable bonds is 3. The van der Waals surface area contributed by atoms with Gasteiger partial charge >= 0.3 is 5.97 Å². The van der Waals surface area contributed by atoms with Gasteiger partial charge < -0.3 is 20.1 Å². The Morgan fingerprint density at radius 2 is 1.97 bits per heavy atom. The Labute approximate surface area is 183 Å². The van der Waals surface area contributed by atoms with Crippen LogP contribution in [0, 0.1) is 11.2 Å². The Hall–Kier alpha value is -2.60. The first-order valence-electron chi connectivity index (χ1n) is 11.1. The summed E-state index contributed by atoms with van der Waals surface area (Å²) < 4.78 is 20.8. The van der Waals surface area contributed by atoms with Crippen LogP contribution >= 0.6 is 0 Å². The lowest BCUT2D eigenvalue weighted by Gasteiger charge is -2.41. The van der Waals surface area contributed by atoms with Gasteiger partial charge in [-0.15, -0.1) is 0 Å². The summed E-state index contributed by atoms with van der Waals surface area (Å²) in [7, 11) is 0. The third-order valence-corrected chi connectivity index (χ3v) is 6.46. The van der Waals surface area contributed by atoms with E-state index in [1.54, 1.807) is 24.3 Å². The predicted molar refractivity (Wildman–Crippen MR) is 121 cm³/mol. The zero-order valence-electron chi connectivity index (χ0n) is 18.3. The maximum absolute atomic E-state index is 15.1. The normalized spacial score (nSPS) is 21.3. The molecule has 1 unspecified atom stereocenters. The number of hydrogen-bond donors (Lipinski definition) is 2. The number of fused-ring (bicyclic) bond motifs is 1. The van der Waals surface area contributed by atoms with Gasteiger partial charge in [-0.25, -0.2) is 9.18 Å². The minimum absolute atomic E-state index is 0.218. The van der Waals surface area contributed by atoms with Crippen molar-refractivity contribution in [2.75, 3.05) is 36.5 Å². The van der Waals surface area contributed by atoms with E-state index in [-0.39, 0.29) is 22.8 Å². The zero-order valence-corrected chi connectivity index (χ0v) is 18.3. The molecule has 1 fully saturated rings. The molecule has 2 aromatic carbocycles. The van der Waals surface area contributed by atoms with Crippen LogP contribution in [0.3, 0.4) is 0 Å². The molecule has 5 nitrogen and oxygen atoms in total. The number of carbonyl (C=O) groups is 1. The molecule has 0 spiro atoms. The van der Waals surface area contributed by atoms with E-state index in [2.05, 4.69) is 24.1 Å². The van der Waals surface area contributed by atoms with E-state index >= 15 is 4.39 Å². The number of benzene rings is 2. The summed E-state index contributed by atoms with van der Waals surface area (Å²) in [5.74, 6) is -1.16. The minimum atomic E-state index is -0.936. The molecule has 0 saturated carbocycles. The van der Waals surface area contributed by atoms with Gasteiger partial charge in [0.05, 0.1) is 18.2 Å². The maximum atomic E-state index is 15.1. The third-order valence-electron chi connectivity index (χ3n) is 6.46. The number of nitrogens with one attached hydrogen (secondary N) is 1. The first-order chi connectivity index (χ1) is 14.8. The Kier molecular flexibility index (Phi) is 6.19. The fourth-order valence-electron chi connectivity index (χ4n) is 4.74. The van der Waals surface area contributed by atoms with E-state index in [1.165, 1.54) is 0 Å². The lowest BCUT2D eigenvalue weighted by atomic mass is 9.72. The van der Waals surface area contributed by atoms with Gasteiger partial charge in [0.1, 0.15) is 5.82 Å². The van der Waals surface area contributed by atoms with Crippen molar-refractivity contribution < 1.29 is 19.0 Å². The number of anilines is 2. The second kappa shape index (κ2) is 8.87. The van der Waals surface area contributed by atoms with Crippen LogP contribution in [0.4, 0.5) is 15.8 Å². The van der Waals surface area contributed by atoms with Gasteiger partial charge in [-0.05, 0) is 73.1 Å². The fourth-order valence-corrected chi connectivity index (χ4v) is 4.74. The van der Waals surface area contributed by atoms with E-state index < -0.39 is 5.97 Å². The summed E-state index contributed by atoms with van der Waals surface area (Å²) in [5.41, 5.74) is 3.48. The molecule has 166 valence electrons. The van der Waals surface area contributed by atoms with Gasteiger partial charge in [-0.2, -0.15) is 0 Å². The van der Waals surface area contributed by atoms with E-state index in [9.17, 15) is 9.90 Å². The van der Waals surface area contributed by atoms with E-state index in [1.807, 2.05) is 12.1 Å². The monoisotopic (exact) mass is 426 g/mol. The average molecular weight is 427 g/mol. The van der Waals surface area contributed by atoms with Crippen molar-refractivity contribution >= 4 is 17.3 Å². The minimum Gasteiger partial charge on any atom is -0.478 e. The third kappa shape index (κ3) is 4.69. The first kappa shape index (κ1) is 21.6. The Balaban J connectivity index is 1.65. The van der Waals surface area contributed by atoms with Gasteiger partial charge in [0.2, 0.25) is 0 Å². The molecule has 0 radical (unpaired) electrons. The van der Waals surface area contributed by atoms with Crippen LogP contribution in [0.25, 0.3) is 0 Å². The number of nitrogens with zero attached hydrogens (tertiary/aromatic N) is 1. The second-order valence-electron chi connectivity index (χ2n) is 9.29. The highest BCUT2D eigenvalue weighted by molar-refractivity contribution is 5.88. The molecule has 6 heteroatoms. The standard InChI is InChI=1S/C25H31FN2O3/c1-25(2)16-18-14-17(24(29)30)6-9-22(18)27-23(25)20-15-19(7-8-21(20)26)28-10-4-3-5-12-31-13-11-28/h6-9,14-15,23,27H,3-5,10-13,16H2,1-2H3,(H,29,30). The first-order valence-corrected chi connectivity index (χ1v) is 11.1. The lowest BCUT2D eigenvalue weighted by molar-refractivity contribution is 0.0696. The molecule has 1 atom stereocenters. The van der Waals surface area contributed by atoms with Crippen molar-refractivity contribution in [1.29, 1.82) is 0 Å². The molecule has 0 amide bonds. The molecule has 2 heterocycles. The largest absolute Gasteiger partial charge is 0.478 e. The van der Waals surface area contributed by atoms with Crippen molar-refractivity contribution in [3.8, 4) is 0 Å². The zero-order chi connectivity index (χ0) is 22.0. The maximum Gasteiger partial charge on any atom is 0.335 e. The van der Waals surface area contributed by atoms with Gasteiger partial charge in [0.15, 0.2) is 0 Å². The molecule has 1 saturated heterocycles. The number of hydrogen-bond acceptors (Lipinski definition) is 4. The number of carboxylic acid groups (broad SMARTS) is 1. The molecule has 0 aromatic heterocycles. The number of aromatic carboxylic acids is 1. The Morgan fingerprint density at radius 3 is 2.77 bits per heavy atom. The van der Waals surface area contributed by atoms with Gasteiger partial charge in [-0.3, -0.25) is 0 Å². The van der Waals surface area contributed by atoms with Crippen molar-refractivity contribution in [3.05, 3.63) is 58.9 Å². The molecule has 4 rings (SSSR count). The Bertz CT molecular complexity index is 950.